The van der Waals surface area contributed by atoms with Crippen LogP contribution in [0.4, 0.5) is 0 Å². The van der Waals surface area contributed by atoms with Crippen molar-refractivity contribution in [2.75, 3.05) is 19.6 Å². The molecule has 0 bridgehead atoms. The molecule has 15 heavy (non-hydrogen) atoms. The maximum atomic E-state index is 11.6. The molecule has 0 aromatic rings. The lowest BCUT2D eigenvalue weighted by Gasteiger charge is -2.23. The summed E-state index contributed by atoms with van der Waals surface area (Å²) in [4.78, 5) is 0. The monoisotopic (exact) mass is 236 g/mol. The van der Waals surface area contributed by atoms with Crippen LogP contribution in [0.2, 0.25) is 0 Å². The van der Waals surface area contributed by atoms with Crippen LogP contribution >= 0.6 is 0 Å². The summed E-state index contributed by atoms with van der Waals surface area (Å²) in [5.41, 5.74) is 5.30. The van der Waals surface area contributed by atoms with Crippen LogP contribution in [0.3, 0.4) is 0 Å². The Morgan fingerprint density at radius 3 is 2.40 bits per heavy atom. The zero-order chi connectivity index (χ0) is 12.1. The van der Waals surface area contributed by atoms with E-state index in [2.05, 4.69) is 4.72 Å². The quantitative estimate of drug-likeness (QED) is 0.419. The molecule has 0 aromatic heterocycles. The summed E-state index contributed by atoms with van der Waals surface area (Å²) in [6, 6.07) is 0. The van der Waals surface area contributed by atoms with E-state index >= 15 is 0 Å². The summed E-state index contributed by atoms with van der Waals surface area (Å²) in [6.07, 6.45) is 0. The Morgan fingerprint density at radius 1 is 1.53 bits per heavy atom. The van der Waals surface area contributed by atoms with E-state index in [0.29, 0.717) is 13.1 Å². The molecule has 1 unspecified atom stereocenters. The van der Waals surface area contributed by atoms with Crippen molar-refractivity contribution in [1.29, 1.82) is 5.41 Å². The van der Waals surface area contributed by atoms with Gasteiger partial charge in [0.15, 0.2) is 0 Å². The molecule has 0 fully saturated rings. The number of nitrogens with two attached hydrogens (primary N) is 1. The van der Waals surface area contributed by atoms with Crippen LogP contribution in [0, 0.1) is 11.3 Å². The molecular formula is C8H20N4O2S. The molecule has 0 rings (SSSR count). The van der Waals surface area contributed by atoms with Crippen molar-refractivity contribution in [2.45, 2.75) is 20.8 Å². The molecule has 0 aromatic carbocycles. The number of nitrogens with one attached hydrogen (secondary N) is 2. The fraction of sp³-hybridized carbons (Fsp3) is 0.875. The third-order valence-electron chi connectivity index (χ3n) is 2.03. The topological polar surface area (TPSA) is 99.3 Å². The number of nitrogens with zero attached hydrogens (tertiary/aromatic N) is 1. The fourth-order valence-electron chi connectivity index (χ4n) is 1.07. The standard InChI is InChI=1S/C8H20N4O2S/c1-4-11-15(13,14)12(5-2)6-7(3)8(9)10/h7,11H,4-6H2,1-3H3,(H3,9,10). The fourth-order valence-corrected chi connectivity index (χ4v) is 2.38. The van der Waals surface area contributed by atoms with Gasteiger partial charge >= 0.3 is 0 Å². The van der Waals surface area contributed by atoms with Crippen molar-refractivity contribution in [2.24, 2.45) is 11.7 Å². The third kappa shape index (κ3) is 4.59. The van der Waals surface area contributed by atoms with Crippen molar-refractivity contribution >= 4 is 16.0 Å². The number of amidine groups is 1. The van der Waals surface area contributed by atoms with Crippen molar-refractivity contribution in [1.82, 2.24) is 9.03 Å². The van der Waals surface area contributed by atoms with Gasteiger partial charge in [-0.15, -0.1) is 0 Å². The van der Waals surface area contributed by atoms with Gasteiger partial charge in [-0.25, -0.2) is 4.72 Å². The second-order valence-corrected chi connectivity index (χ2v) is 5.07. The highest BCUT2D eigenvalue weighted by Crippen LogP contribution is 2.03. The molecular weight excluding hydrogens is 216 g/mol. The molecule has 0 heterocycles. The van der Waals surface area contributed by atoms with Gasteiger partial charge in [0, 0.05) is 25.6 Å². The average Bonchev–Trinajstić information content (AvgIpc) is 2.12. The van der Waals surface area contributed by atoms with Gasteiger partial charge in [-0.2, -0.15) is 12.7 Å². The number of hydrogen-bond donors (Lipinski definition) is 3. The van der Waals surface area contributed by atoms with E-state index in [4.69, 9.17) is 11.1 Å². The van der Waals surface area contributed by atoms with Gasteiger partial charge in [-0.1, -0.05) is 20.8 Å². The molecule has 0 spiro atoms. The molecule has 0 saturated carbocycles. The minimum atomic E-state index is -3.42. The molecule has 0 aliphatic carbocycles. The molecule has 90 valence electrons. The van der Waals surface area contributed by atoms with E-state index in [1.165, 1.54) is 4.31 Å². The highest BCUT2D eigenvalue weighted by molar-refractivity contribution is 7.87. The van der Waals surface area contributed by atoms with Crippen LogP contribution in [0.15, 0.2) is 0 Å². The van der Waals surface area contributed by atoms with E-state index in [-0.39, 0.29) is 18.3 Å². The normalized spacial score (nSPS) is 14.1. The zero-order valence-corrected chi connectivity index (χ0v) is 10.3. The van der Waals surface area contributed by atoms with E-state index in [9.17, 15) is 8.42 Å². The van der Waals surface area contributed by atoms with Gasteiger partial charge in [0.1, 0.15) is 0 Å². The predicted molar refractivity (Wildman–Crippen MR) is 60.9 cm³/mol. The second kappa shape index (κ2) is 6.04. The summed E-state index contributed by atoms with van der Waals surface area (Å²) >= 11 is 0. The van der Waals surface area contributed by atoms with Crippen molar-refractivity contribution in [3.63, 3.8) is 0 Å². The Morgan fingerprint density at radius 2 is 2.07 bits per heavy atom. The van der Waals surface area contributed by atoms with Gasteiger partial charge in [0.05, 0.1) is 5.84 Å². The van der Waals surface area contributed by atoms with Gasteiger partial charge in [-0.3, -0.25) is 5.41 Å². The van der Waals surface area contributed by atoms with Crippen LogP contribution in [0.1, 0.15) is 20.8 Å². The van der Waals surface area contributed by atoms with Crippen LogP contribution in [0.5, 0.6) is 0 Å². The summed E-state index contributed by atoms with van der Waals surface area (Å²) in [5.74, 6) is -0.265. The SMILES string of the molecule is CCNS(=O)(=O)N(CC)CC(C)C(=N)N. The summed E-state index contributed by atoms with van der Waals surface area (Å²) < 4.78 is 26.9. The van der Waals surface area contributed by atoms with E-state index < -0.39 is 10.2 Å². The Balaban J connectivity index is 4.57. The summed E-state index contributed by atoms with van der Waals surface area (Å²) in [6.45, 7) is 6.16. The Kier molecular flexibility index (Phi) is 5.77. The predicted octanol–water partition coefficient (Wildman–Crippen LogP) is -0.265. The minimum Gasteiger partial charge on any atom is -0.387 e. The van der Waals surface area contributed by atoms with Crippen molar-refractivity contribution < 1.29 is 8.42 Å². The summed E-state index contributed by atoms with van der Waals surface area (Å²) in [7, 11) is -3.42. The first-order valence-corrected chi connectivity index (χ1v) is 6.37. The van der Waals surface area contributed by atoms with Crippen LogP contribution in [-0.4, -0.2) is 38.2 Å². The number of hydrogen-bond acceptors (Lipinski definition) is 3. The average molecular weight is 236 g/mol. The van der Waals surface area contributed by atoms with Gasteiger partial charge in [0.25, 0.3) is 10.2 Å². The van der Waals surface area contributed by atoms with E-state index in [1.54, 1.807) is 20.8 Å². The smallest absolute Gasteiger partial charge is 0.279 e. The van der Waals surface area contributed by atoms with Crippen LogP contribution in [-0.2, 0) is 10.2 Å². The van der Waals surface area contributed by atoms with Gasteiger partial charge < -0.3 is 5.73 Å². The zero-order valence-electron chi connectivity index (χ0n) is 9.45. The molecule has 0 aliphatic rings. The molecule has 0 saturated heterocycles. The molecule has 6 nitrogen and oxygen atoms in total. The first kappa shape index (κ1) is 14.3. The third-order valence-corrected chi connectivity index (χ3v) is 3.77. The molecule has 0 radical (unpaired) electrons. The Hall–Kier alpha value is -0.660. The lowest BCUT2D eigenvalue weighted by atomic mass is 10.1. The minimum absolute atomic E-state index is 0.000137. The van der Waals surface area contributed by atoms with Gasteiger partial charge in [0.2, 0.25) is 0 Å². The largest absolute Gasteiger partial charge is 0.387 e. The van der Waals surface area contributed by atoms with E-state index in [1.807, 2.05) is 0 Å². The Bertz CT molecular complexity index is 302. The van der Waals surface area contributed by atoms with Crippen molar-refractivity contribution in [3.05, 3.63) is 0 Å². The number of rotatable bonds is 7. The molecule has 0 aliphatic heterocycles. The highest BCUT2D eigenvalue weighted by atomic mass is 32.2. The first-order chi connectivity index (χ1) is 6.85. The van der Waals surface area contributed by atoms with Gasteiger partial charge in [-0.05, 0) is 0 Å². The maximum Gasteiger partial charge on any atom is 0.279 e. The second-order valence-electron chi connectivity index (χ2n) is 3.31. The highest BCUT2D eigenvalue weighted by Gasteiger charge is 2.22. The molecule has 1 atom stereocenters. The van der Waals surface area contributed by atoms with E-state index in [0.717, 1.165) is 0 Å². The lowest BCUT2D eigenvalue weighted by molar-refractivity contribution is 0.397. The molecule has 7 heteroatoms. The van der Waals surface area contributed by atoms with Crippen LogP contribution < -0.4 is 10.5 Å². The summed E-state index contributed by atoms with van der Waals surface area (Å²) in [5, 5.41) is 7.21. The molecule has 0 amide bonds. The molecule has 4 N–H and O–H groups in total. The first-order valence-electron chi connectivity index (χ1n) is 4.93. The lowest BCUT2D eigenvalue weighted by Crippen LogP contribution is -2.44. The van der Waals surface area contributed by atoms with Crippen molar-refractivity contribution in [3.8, 4) is 0 Å². The van der Waals surface area contributed by atoms with Crippen LogP contribution in [0.25, 0.3) is 0 Å². The maximum absolute atomic E-state index is 11.6. The Labute approximate surface area is 91.5 Å².